The Hall–Kier alpha value is -1.71. The van der Waals surface area contributed by atoms with Crippen LogP contribution in [0.4, 0.5) is 0 Å². The maximum atomic E-state index is 11.1. The first-order valence-electron chi connectivity index (χ1n) is 5.91. The van der Waals surface area contributed by atoms with Crippen LogP contribution in [-0.2, 0) is 4.79 Å². The standard InChI is InChI=1S/C14H20O4/c1-8(2)12-11(17-4)7-6-10(13(12)18-5)9(3)14(15)16/h6-9H,1-5H3,(H,15,16). The molecule has 0 bridgehead atoms. The van der Waals surface area contributed by atoms with E-state index in [0.29, 0.717) is 11.3 Å². The lowest BCUT2D eigenvalue weighted by Crippen LogP contribution is -2.11. The second-order valence-corrected chi connectivity index (χ2v) is 4.52. The molecule has 0 aliphatic rings. The van der Waals surface area contributed by atoms with E-state index < -0.39 is 11.9 Å². The lowest BCUT2D eigenvalue weighted by Gasteiger charge is -2.20. The van der Waals surface area contributed by atoms with Gasteiger partial charge >= 0.3 is 5.97 Å². The van der Waals surface area contributed by atoms with Crippen molar-refractivity contribution >= 4 is 5.97 Å². The van der Waals surface area contributed by atoms with Crippen LogP contribution in [0.1, 0.15) is 43.7 Å². The minimum absolute atomic E-state index is 0.191. The van der Waals surface area contributed by atoms with Gasteiger partial charge in [-0.2, -0.15) is 0 Å². The lowest BCUT2D eigenvalue weighted by molar-refractivity contribution is -0.138. The van der Waals surface area contributed by atoms with Gasteiger partial charge in [0.15, 0.2) is 0 Å². The number of benzene rings is 1. The molecule has 0 aliphatic heterocycles. The van der Waals surface area contributed by atoms with Gasteiger partial charge in [0.05, 0.1) is 20.1 Å². The first-order valence-corrected chi connectivity index (χ1v) is 5.91. The summed E-state index contributed by atoms with van der Waals surface area (Å²) in [6.45, 7) is 5.70. The van der Waals surface area contributed by atoms with Crippen molar-refractivity contribution in [1.82, 2.24) is 0 Å². The Morgan fingerprint density at radius 1 is 1.17 bits per heavy atom. The van der Waals surface area contributed by atoms with Gasteiger partial charge in [0.1, 0.15) is 11.5 Å². The zero-order chi connectivity index (χ0) is 13.9. The van der Waals surface area contributed by atoms with E-state index in [-0.39, 0.29) is 5.92 Å². The molecule has 4 nitrogen and oxygen atoms in total. The van der Waals surface area contributed by atoms with Gasteiger partial charge in [-0.15, -0.1) is 0 Å². The smallest absolute Gasteiger partial charge is 0.310 e. The van der Waals surface area contributed by atoms with Crippen molar-refractivity contribution in [2.75, 3.05) is 14.2 Å². The predicted octanol–water partition coefficient (Wildman–Crippen LogP) is 3.02. The average Bonchev–Trinajstić information content (AvgIpc) is 2.35. The third kappa shape index (κ3) is 2.58. The second kappa shape index (κ2) is 5.76. The molecule has 1 rings (SSSR count). The molecule has 1 unspecified atom stereocenters. The summed E-state index contributed by atoms with van der Waals surface area (Å²) in [5, 5.41) is 9.12. The Balaban J connectivity index is 3.47. The van der Waals surface area contributed by atoms with E-state index in [1.807, 2.05) is 13.8 Å². The minimum atomic E-state index is -0.867. The van der Waals surface area contributed by atoms with Gasteiger partial charge in [0, 0.05) is 11.1 Å². The predicted molar refractivity (Wildman–Crippen MR) is 69.7 cm³/mol. The summed E-state index contributed by atoms with van der Waals surface area (Å²) in [5.74, 6) is 0.0508. The van der Waals surface area contributed by atoms with Crippen molar-refractivity contribution in [2.24, 2.45) is 0 Å². The second-order valence-electron chi connectivity index (χ2n) is 4.52. The van der Waals surface area contributed by atoms with Gasteiger partial charge in [-0.25, -0.2) is 0 Å². The SMILES string of the molecule is COc1ccc(C(C)C(=O)O)c(OC)c1C(C)C. The van der Waals surface area contributed by atoms with Gasteiger partial charge in [-0.1, -0.05) is 19.9 Å². The van der Waals surface area contributed by atoms with Crippen LogP contribution in [-0.4, -0.2) is 25.3 Å². The zero-order valence-corrected chi connectivity index (χ0v) is 11.5. The number of carboxylic acid groups (broad SMARTS) is 1. The third-order valence-corrected chi connectivity index (χ3v) is 3.02. The van der Waals surface area contributed by atoms with Crippen molar-refractivity contribution in [3.63, 3.8) is 0 Å². The summed E-state index contributed by atoms with van der Waals surface area (Å²) in [7, 11) is 3.15. The Labute approximate surface area is 108 Å². The molecular weight excluding hydrogens is 232 g/mol. The first kappa shape index (κ1) is 14.4. The van der Waals surface area contributed by atoms with Crippen molar-refractivity contribution in [3.8, 4) is 11.5 Å². The van der Waals surface area contributed by atoms with E-state index in [9.17, 15) is 4.79 Å². The summed E-state index contributed by atoms with van der Waals surface area (Å²) < 4.78 is 10.7. The molecule has 0 spiro atoms. The molecule has 4 heteroatoms. The molecule has 100 valence electrons. The highest BCUT2D eigenvalue weighted by Crippen LogP contribution is 2.40. The largest absolute Gasteiger partial charge is 0.496 e. The van der Waals surface area contributed by atoms with E-state index in [1.165, 1.54) is 0 Å². The molecule has 0 aliphatic carbocycles. The normalized spacial score (nSPS) is 12.3. The number of hydrogen-bond donors (Lipinski definition) is 1. The molecule has 0 radical (unpaired) electrons. The number of carboxylic acids is 1. The van der Waals surface area contributed by atoms with Crippen LogP contribution in [0.3, 0.4) is 0 Å². The van der Waals surface area contributed by atoms with Crippen LogP contribution < -0.4 is 9.47 Å². The van der Waals surface area contributed by atoms with Crippen molar-refractivity contribution in [1.29, 1.82) is 0 Å². The topological polar surface area (TPSA) is 55.8 Å². The van der Waals surface area contributed by atoms with Crippen LogP contribution in [0.2, 0.25) is 0 Å². The van der Waals surface area contributed by atoms with Crippen LogP contribution in [0, 0.1) is 0 Å². The molecule has 1 aromatic carbocycles. The Kier molecular flexibility index (Phi) is 4.59. The third-order valence-electron chi connectivity index (χ3n) is 3.02. The number of rotatable bonds is 5. The highest BCUT2D eigenvalue weighted by molar-refractivity contribution is 5.77. The molecule has 1 N–H and O–H groups in total. The number of carbonyl (C=O) groups is 1. The Morgan fingerprint density at radius 2 is 1.78 bits per heavy atom. The Morgan fingerprint density at radius 3 is 2.17 bits per heavy atom. The molecular formula is C14H20O4. The molecule has 0 saturated heterocycles. The average molecular weight is 252 g/mol. The van der Waals surface area contributed by atoms with Gasteiger partial charge in [-0.05, 0) is 18.9 Å². The quantitative estimate of drug-likeness (QED) is 0.875. The molecule has 0 saturated carbocycles. The van der Waals surface area contributed by atoms with Crippen molar-refractivity contribution in [2.45, 2.75) is 32.6 Å². The number of ether oxygens (including phenoxy) is 2. The summed E-state index contributed by atoms with van der Waals surface area (Å²) >= 11 is 0. The van der Waals surface area contributed by atoms with Crippen LogP contribution in [0.25, 0.3) is 0 Å². The molecule has 0 amide bonds. The molecule has 1 atom stereocenters. The fourth-order valence-electron chi connectivity index (χ4n) is 2.02. The van der Waals surface area contributed by atoms with Gasteiger partial charge in [0.25, 0.3) is 0 Å². The highest BCUT2D eigenvalue weighted by Gasteiger charge is 2.24. The minimum Gasteiger partial charge on any atom is -0.496 e. The molecule has 0 aromatic heterocycles. The summed E-state index contributed by atoms with van der Waals surface area (Å²) in [5.41, 5.74) is 1.58. The fourth-order valence-corrected chi connectivity index (χ4v) is 2.02. The van der Waals surface area contributed by atoms with E-state index in [4.69, 9.17) is 14.6 Å². The monoisotopic (exact) mass is 252 g/mol. The number of hydrogen-bond acceptors (Lipinski definition) is 3. The van der Waals surface area contributed by atoms with Crippen LogP contribution in [0.5, 0.6) is 11.5 Å². The molecule has 18 heavy (non-hydrogen) atoms. The fraction of sp³-hybridized carbons (Fsp3) is 0.500. The van der Waals surface area contributed by atoms with Gasteiger partial charge in [0.2, 0.25) is 0 Å². The summed E-state index contributed by atoms with van der Waals surface area (Å²) in [4.78, 5) is 11.1. The highest BCUT2D eigenvalue weighted by atomic mass is 16.5. The van der Waals surface area contributed by atoms with E-state index in [2.05, 4.69) is 0 Å². The van der Waals surface area contributed by atoms with Gasteiger partial charge < -0.3 is 14.6 Å². The number of methoxy groups -OCH3 is 2. The summed E-state index contributed by atoms with van der Waals surface area (Å²) in [6.07, 6.45) is 0. The van der Waals surface area contributed by atoms with Crippen molar-refractivity contribution in [3.05, 3.63) is 23.3 Å². The Bertz CT molecular complexity index is 438. The maximum absolute atomic E-state index is 11.1. The maximum Gasteiger partial charge on any atom is 0.310 e. The number of aliphatic carboxylic acids is 1. The van der Waals surface area contributed by atoms with E-state index in [0.717, 1.165) is 11.3 Å². The van der Waals surface area contributed by atoms with Crippen LogP contribution in [0.15, 0.2) is 12.1 Å². The van der Waals surface area contributed by atoms with Crippen molar-refractivity contribution < 1.29 is 19.4 Å². The van der Waals surface area contributed by atoms with E-state index >= 15 is 0 Å². The zero-order valence-electron chi connectivity index (χ0n) is 11.5. The molecule has 0 fully saturated rings. The molecule has 1 aromatic rings. The lowest BCUT2D eigenvalue weighted by atomic mass is 9.92. The van der Waals surface area contributed by atoms with E-state index in [1.54, 1.807) is 33.3 Å². The first-order chi connectivity index (χ1) is 8.43. The van der Waals surface area contributed by atoms with Crippen LogP contribution >= 0.6 is 0 Å². The molecule has 0 heterocycles. The summed E-state index contributed by atoms with van der Waals surface area (Å²) in [6, 6.07) is 3.55. The van der Waals surface area contributed by atoms with Gasteiger partial charge in [-0.3, -0.25) is 4.79 Å².